The molecule has 3 atom stereocenters. The minimum atomic E-state index is -4.40. The van der Waals surface area contributed by atoms with Crippen LogP contribution in [0.4, 0.5) is 13.2 Å². The highest BCUT2D eigenvalue weighted by Crippen LogP contribution is 2.36. The number of fused-ring (bicyclic) bond motifs is 1. The van der Waals surface area contributed by atoms with Crippen LogP contribution in [0, 0.1) is 5.92 Å². The molecule has 200 valence electrons. The first-order valence-corrected chi connectivity index (χ1v) is 13.1. The van der Waals surface area contributed by atoms with Gasteiger partial charge in [-0.2, -0.15) is 13.2 Å². The summed E-state index contributed by atoms with van der Waals surface area (Å²) in [5, 5.41) is 3.54. The molecule has 1 amide bonds. The summed E-state index contributed by atoms with van der Waals surface area (Å²) < 4.78 is 44.6. The molecule has 1 aliphatic heterocycles. The van der Waals surface area contributed by atoms with E-state index in [-0.39, 0.29) is 42.8 Å². The first kappa shape index (κ1) is 27.2. The van der Waals surface area contributed by atoms with Crippen LogP contribution in [0.2, 0.25) is 0 Å². The predicted octanol–water partition coefficient (Wildman–Crippen LogP) is 5.43. The fourth-order valence-electron chi connectivity index (χ4n) is 5.65. The van der Waals surface area contributed by atoms with E-state index in [9.17, 15) is 22.8 Å². The summed E-state index contributed by atoms with van der Waals surface area (Å²) in [5.74, 6) is -0.348. The van der Waals surface area contributed by atoms with Gasteiger partial charge in [0.05, 0.1) is 19.1 Å². The first-order valence-electron chi connectivity index (χ1n) is 13.1. The molecule has 0 saturated heterocycles. The molecule has 0 spiro atoms. The largest absolute Gasteiger partial charge is 0.469 e. The second-order valence-electron chi connectivity index (χ2n) is 10.3. The highest BCUT2D eigenvalue weighted by molar-refractivity contribution is 5.80. The maximum Gasteiger partial charge on any atom is 0.416 e. The zero-order valence-corrected chi connectivity index (χ0v) is 21.4. The highest BCUT2D eigenvalue weighted by Gasteiger charge is 2.38. The molecule has 2 aliphatic rings. The minimum Gasteiger partial charge on any atom is -0.469 e. The van der Waals surface area contributed by atoms with E-state index >= 15 is 0 Å². The van der Waals surface area contributed by atoms with E-state index in [1.54, 1.807) is 6.07 Å². The van der Waals surface area contributed by atoms with Crippen LogP contribution in [-0.4, -0.2) is 36.0 Å². The number of nitrogens with zero attached hydrogens (tertiary/aromatic N) is 1. The third-order valence-electron chi connectivity index (χ3n) is 7.62. The smallest absolute Gasteiger partial charge is 0.416 e. The van der Waals surface area contributed by atoms with Crippen molar-refractivity contribution < 1.29 is 27.5 Å². The van der Waals surface area contributed by atoms with Crippen molar-refractivity contribution in [3.8, 4) is 0 Å². The quantitative estimate of drug-likeness (QED) is 0.475. The molecule has 2 aromatic carbocycles. The Morgan fingerprint density at radius 2 is 1.86 bits per heavy atom. The number of ether oxygens (including phenoxy) is 1. The molecule has 4 rings (SSSR count). The van der Waals surface area contributed by atoms with Crippen molar-refractivity contribution in [2.75, 3.05) is 7.11 Å². The minimum absolute atomic E-state index is 0.0197. The van der Waals surface area contributed by atoms with E-state index in [1.165, 1.54) is 13.2 Å². The van der Waals surface area contributed by atoms with Gasteiger partial charge in [-0.05, 0) is 66.5 Å². The van der Waals surface area contributed by atoms with Gasteiger partial charge in [-0.3, -0.25) is 9.59 Å². The summed E-state index contributed by atoms with van der Waals surface area (Å²) in [6, 6.07) is 12.0. The summed E-state index contributed by atoms with van der Waals surface area (Å²) in [6.07, 6.45) is 0.536. The number of halogens is 3. The number of rotatable bonds is 8. The topological polar surface area (TPSA) is 58.6 Å². The number of hydrogen-bond acceptors (Lipinski definition) is 4. The van der Waals surface area contributed by atoms with E-state index in [2.05, 4.69) is 12.2 Å². The molecule has 1 saturated carbocycles. The van der Waals surface area contributed by atoms with Crippen LogP contribution in [0.25, 0.3) is 0 Å². The molecule has 37 heavy (non-hydrogen) atoms. The van der Waals surface area contributed by atoms with E-state index in [1.807, 2.05) is 29.2 Å². The van der Waals surface area contributed by atoms with Crippen LogP contribution < -0.4 is 5.32 Å². The summed E-state index contributed by atoms with van der Waals surface area (Å²) >= 11 is 0. The summed E-state index contributed by atoms with van der Waals surface area (Å²) in [4.78, 5) is 27.0. The van der Waals surface area contributed by atoms with Gasteiger partial charge in [0.2, 0.25) is 5.91 Å². The molecule has 1 aliphatic carbocycles. The Hall–Kier alpha value is -2.87. The molecule has 8 heteroatoms. The third-order valence-corrected chi connectivity index (χ3v) is 7.62. The molecule has 1 heterocycles. The van der Waals surface area contributed by atoms with E-state index < -0.39 is 11.7 Å². The molecule has 1 unspecified atom stereocenters. The van der Waals surface area contributed by atoms with Gasteiger partial charge in [0.25, 0.3) is 0 Å². The fraction of sp³-hybridized carbons (Fsp3) is 0.517. The fourth-order valence-corrected chi connectivity index (χ4v) is 5.65. The number of esters is 1. The van der Waals surface area contributed by atoms with Gasteiger partial charge in [-0.1, -0.05) is 43.7 Å². The van der Waals surface area contributed by atoms with Crippen LogP contribution in [0.5, 0.6) is 0 Å². The standard InChI is InChI=1S/C29H35F3N2O3/c1-3-5-26-16-21-8-10-24(29(30,31)32)14-23(21)18-34(26)28(36)22-9-11-25(15-22)33-17-20-7-4-6-19(12-20)13-27(35)37-2/h4,6-8,10,12,14,22,25-26,33H,3,5,9,11,13,15-18H2,1-2H3/t22-,25+,26?/m0/s1. The van der Waals surface area contributed by atoms with Gasteiger partial charge in [-0.25, -0.2) is 0 Å². The number of benzene rings is 2. The Morgan fingerprint density at radius 1 is 1.08 bits per heavy atom. The van der Waals surface area contributed by atoms with Crippen molar-refractivity contribution in [3.63, 3.8) is 0 Å². The number of carbonyl (C=O) groups excluding carboxylic acids is 2. The van der Waals surface area contributed by atoms with Crippen molar-refractivity contribution in [1.82, 2.24) is 10.2 Å². The summed E-state index contributed by atoms with van der Waals surface area (Å²) in [5.41, 5.74) is 2.82. The predicted molar refractivity (Wildman–Crippen MR) is 135 cm³/mol. The van der Waals surface area contributed by atoms with Crippen LogP contribution >= 0.6 is 0 Å². The molecule has 0 aromatic heterocycles. The van der Waals surface area contributed by atoms with Crippen LogP contribution in [-0.2, 0) is 46.4 Å². The van der Waals surface area contributed by atoms with Gasteiger partial charge < -0.3 is 15.0 Å². The molecular formula is C29H35F3N2O3. The maximum absolute atomic E-state index is 13.6. The molecule has 1 fully saturated rings. The van der Waals surface area contributed by atoms with Gasteiger partial charge in [0.1, 0.15) is 0 Å². The van der Waals surface area contributed by atoms with Gasteiger partial charge in [-0.15, -0.1) is 0 Å². The number of alkyl halides is 3. The molecule has 0 bridgehead atoms. The molecule has 2 aromatic rings. The van der Waals surface area contributed by atoms with Crippen molar-refractivity contribution in [1.29, 1.82) is 0 Å². The first-order chi connectivity index (χ1) is 17.7. The number of carbonyl (C=O) groups is 2. The zero-order valence-electron chi connectivity index (χ0n) is 21.4. The van der Waals surface area contributed by atoms with Crippen LogP contribution in [0.1, 0.15) is 66.8 Å². The maximum atomic E-state index is 13.6. The van der Waals surface area contributed by atoms with Gasteiger partial charge in [0, 0.05) is 31.1 Å². The Bertz CT molecular complexity index is 1120. The van der Waals surface area contributed by atoms with Crippen LogP contribution in [0.3, 0.4) is 0 Å². The molecule has 5 nitrogen and oxygen atoms in total. The average molecular weight is 517 g/mol. The van der Waals surface area contributed by atoms with E-state index in [0.717, 1.165) is 48.4 Å². The second-order valence-corrected chi connectivity index (χ2v) is 10.3. The summed E-state index contributed by atoms with van der Waals surface area (Å²) in [6.45, 7) is 2.95. The highest BCUT2D eigenvalue weighted by atomic mass is 19.4. The van der Waals surface area contributed by atoms with Crippen molar-refractivity contribution in [2.45, 2.75) is 83.2 Å². The number of amides is 1. The lowest BCUT2D eigenvalue weighted by Crippen LogP contribution is -2.46. The molecular weight excluding hydrogens is 481 g/mol. The molecule has 1 N–H and O–H groups in total. The lowest BCUT2D eigenvalue weighted by Gasteiger charge is -2.39. The van der Waals surface area contributed by atoms with E-state index in [4.69, 9.17) is 4.74 Å². The Labute approximate surface area is 216 Å². The van der Waals surface area contributed by atoms with Gasteiger partial charge in [0.15, 0.2) is 0 Å². The third kappa shape index (κ3) is 6.72. The SMILES string of the molecule is CCCC1Cc2ccc(C(F)(F)F)cc2CN1C(=O)[C@H]1CC[C@@H](NCc2cccc(CC(=O)OC)c2)C1. The normalized spacial score (nSPS) is 21.5. The second kappa shape index (κ2) is 11.7. The van der Waals surface area contributed by atoms with Crippen molar-refractivity contribution >= 4 is 11.9 Å². The van der Waals surface area contributed by atoms with Crippen LogP contribution in [0.15, 0.2) is 42.5 Å². The van der Waals surface area contributed by atoms with Crippen molar-refractivity contribution in [3.05, 3.63) is 70.3 Å². The van der Waals surface area contributed by atoms with Gasteiger partial charge >= 0.3 is 12.1 Å². The Kier molecular flexibility index (Phi) is 8.57. The average Bonchev–Trinajstić information content (AvgIpc) is 3.35. The number of nitrogens with one attached hydrogen (secondary N) is 1. The lowest BCUT2D eigenvalue weighted by atomic mass is 9.89. The number of methoxy groups -OCH3 is 1. The molecule has 0 radical (unpaired) electrons. The lowest BCUT2D eigenvalue weighted by molar-refractivity contribution is -0.140. The van der Waals surface area contributed by atoms with E-state index in [0.29, 0.717) is 24.9 Å². The number of hydrogen-bond donors (Lipinski definition) is 1. The monoisotopic (exact) mass is 516 g/mol. The summed E-state index contributed by atoms with van der Waals surface area (Å²) in [7, 11) is 1.37. The zero-order chi connectivity index (χ0) is 26.6. The van der Waals surface area contributed by atoms with Crippen molar-refractivity contribution in [2.24, 2.45) is 5.92 Å². The Morgan fingerprint density at radius 3 is 2.59 bits per heavy atom. The Balaban J connectivity index is 1.38.